The predicted molar refractivity (Wildman–Crippen MR) is 62.5 cm³/mol. The summed E-state index contributed by atoms with van der Waals surface area (Å²) < 4.78 is 0. The van der Waals surface area contributed by atoms with E-state index in [1.54, 1.807) is 24.3 Å². The van der Waals surface area contributed by atoms with Gasteiger partial charge in [-0.05, 0) is 17.2 Å². The van der Waals surface area contributed by atoms with Gasteiger partial charge in [0.05, 0.1) is 5.88 Å². The average molecular weight is 239 g/mol. The quantitative estimate of drug-likeness (QED) is 0.632. The highest BCUT2D eigenvalue weighted by Gasteiger charge is 2.05. The van der Waals surface area contributed by atoms with Crippen LogP contribution in [0.3, 0.4) is 0 Å². The number of aliphatic carboxylic acids is 1. The fourth-order valence-corrected chi connectivity index (χ4v) is 1.37. The Hall–Kier alpha value is -1.61. The van der Waals surface area contributed by atoms with Crippen LogP contribution in [0.5, 0.6) is 0 Å². The van der Waals surface area contributed by atoms with Gasteiger partial charge >= 0.3 is 5.97 Å². The van der Waals surface area contributed by atoms with E-state index in [1.165, 1.54) is 6.08 Å². The first kappa shape index (κ1) is 12.5. The number of hydrogen-bond donors (Lipinski definition) is 1. The Morgan fingerprint density at radius 3 is 2.62 bits per heavy atom. The summed E-state index contributed by atoms with van der Waals surface area (Å²) >= 11 is 5.42. The number of benzene rings is 1. The third-order valence-electron chi connectivity index (χ3n) is 2.00. The second kappa shape index (κ2) is 6.08. The Morgan fingerprint density at radius 2 is 2.00 bits per heavy atom. The highest BCUT2D eigenvalue weighted by Crippen LogP contribution is 2.12. The monoisotopic (exact) mass is 238 g/mol. The fraction of sp³-hybridized carbons (Fsp3) is 0.167. The van der Waals surface area contributed by atoms with Crippen LogP contribution in [0.1, 0.15) is 11.1 Å². The van der Waals surface area contributed by atoms with Crippen molar-refractivity contribution in [1.82, 2.24) is 0 Å². The molecule has 0 spiro atoms. The molecule has 0 unspecified atom stereocenters. The van der Waals surface area contributed by atoms with Gasteiger partial charge in [0.15, 0.2) is 5.78 Å². The van der Waals surface area contributed by atoms with Crippen LogP contribution in [-0.2, 0) is 16.0 Å². The summed E-state index contributed by atoms with van der Waals surface area (Å²) in [5.41, 5.74) is 1.51. The van der Waals surface area contributed by atoms with Crippen LogP contribution < -0.4 is 0 Å². The maximum atomic E-state index is 11.2. The SMILES string of the molecule is O=C(O)C=Cc1ccccc1CC(=O)CCl. The summed E-state index contributed by atoms with van der Waals surface area (Å²) in [6.07, 6.45) is 2.74. The molecular weight excluding hydrogens is 228 g/mol. The van der Waals surface area contributed by atoms with Gasteiger partial charge in [0, 0.05) is 12.5 Å². The van der Waals surface area contributed by atoms with E-state index in [0.29, 0.717) is 0 Å². The minimum atomic E-state index is -1.02. The molecule has 84 valence electrons. The zero-order chi connectivity index (χ0) is 12.0. The van der Waals surface area contributed by atoms with Gasteiger partial charge in [-0.15, -0.1) is 11.6 Å². The van der Waals surface area contributed by atoms with E-state index >= 15 is 0 Å². The number of alkyl halides is 1. The lowest BCUT2D eigenvalue weighted by Crippen LogP contribution is -2.05. The molecule has 4 heteroatoms. The molecule has 0 atom stereocenters. The van der Waals surface area contributed by atoms with Crippen LogP contribution in [0.2, 0.25) is 0 Å². The van der Waals surface area contributed by atoms with E-state index in [4.69, 9.17) is 16.7 Å². The largest absolute Gasteiger partial charge is 0.478 e. The molecule has 1 aromatic rings. The maximum Gasteiger partial charge on any atom is 0.328 e. The third kappa shape index (κ3) is 3.87. The summed E-state index contributed by atoms with van der Waals surface area (Å²) in [6, 6.07) is 7.13. The second-order valence-corrected chi connectivity index (χ2v) is 3.49. The number of carboxylic acids is 1. The van der Waals surface area contributed by atoms with Gasteiger partial charge in [0.25, 0.3) is 0 Å². The van der Waals surface area contributed by atoms with Crippen LogP contribution in [-0.4, -0.2) is 22.7 Å². The standard InChI is InChI=1S/C12H11ClO3/c13-8-11(14)7-10-4-2-1-3-9(10)5-6-12(15)16/h1-6H,7-8H2,(H,15,16). The zero-order valence-electron chi connectivity index (χ0n) is 8.52. The first-order valence-electron chi connectivity index (χ1n) is 4.70. The van der Waals surface area contributed by atoms with Gasteiger partial charge in [0.2, 0.25) is 0 Å². The molecule has 0 heterocycles. The van der Waals surface area contributed by atoms with Gasteiger partial charge in [-0.3, -0.25) is 4.79 Å². The highest BCUT2D eigenvalue weighted by atomic mass is 35.5. The van der Waals surface area contributed by atoms with Crippen molar-refractivity contribution in [3.8, 4) is 0 Å². The van der Waals surface area contributed by atoms with E-state index in [1.807, 2.05) is 0 Å². The molecule has 0 radical (unpaired) electrons. The summed E-state index contributed by atoms with van der Waals surface area (Å²) in [5.74, 6) is -1.13. The third-order valence-corrected chi connectivity index (χ3v) is 2.30. The smallest absolute Gasteiger partial charge is 0.328 e. The van der Waals surface area contributed by atoms with Crippen LogP contribution in [0.4, 0.5) is 0 Å². The number of hydrogen-bond acceptors (Lipinski definition) is 2. The average Bonchev–Trinajstić information content (AvgIpc) is 2.27. The molecule has 1 aromatic carbocycles. The van der Waals surface area contributed by atoms with E-state index in [0.717, 1.165) is 17.2 Å². The Kier molecular flexibility index (Phi) is 4.73. The topological polar surface area (TPSA) is 54.4 Å². The van der Waals surface area contributed by atoms with Crippen molar-refractivity contribution in [3.63, 3.8) is 0 Å². The van der Waals surface area contributed by atoms with Gasteiger partial charge in [-0.2, -0.15) is 0 Å². The Labute approximate surface area is 98.4 Å². The normalized spacial score (nSPS) is 10.6. The number of halogens is 1. The molecular formula is C12H11ClO3. The zero-order valence-corrected chi connectivity index (χ0v) is 9.28. The lowest BCUT2D eigenvalue weighted by molar-refractivity contribution is -0.131. The molecule has 0 aliphatic heterocycles. The molecule has 0 aliphatic rings. The maximum absolute atomic E-state index is 11.2. The molecule has 0 saturated carbocycles. The van der Waals surface area contributed by atoms with Crippen LogP contribution >= 0.6 is 11.6 Å². The first-order valence-corrected chi connectivity index (χ1v) is 5.23. The van der Waals surface area contributed by atoms with Gasteiger partial charge in [-0.1, -0.05) is 24.3 Å². The number of carbonyl (C=O) groups excluding carboxylic acids is 1. The van der Waals surface area contributed by atoms with Gasteiger partial charge < -0.3 is 5.11 Å². The Bertz CT molecular complexity index is 424. The lowest BCUT2D eigenvalue weighted by atomic mass is 10.0. The summed E-state index contributed by atoms with van der Waals surface area (Å²) in [4.78, 5) is 21.6. The minimum absolute atomic E-state index is 0.0308. The Morgan fingerprint density at radius 1 is 1.31 bits per heavy atom. The van der Waals surface area contributed by atoms with E-state index in [9.17, 15) is 9.59 Å². The second-order valence-electron chi connectivity index (χ2n) is 3.22. The number of carboxylic acid groups (broad SMARTS) is 1. The number of rotatable bonds is 5. The van der Waals surface area contributed by atoms with Crippen molar-refractivity contribution in [3.05, 3.63) is 41.5 Å². The van der Waals surface area contributed by atoms with E-state index < -0.39 is 5.97 Å². The number of carbonyl (C=O) groups is 2. The van der Waals surface area contributed by atoms with Crippen LogP contribution in [0, 0.1) is 0 Å². The van der Waals surface area contributed by atoms with Crippen molar-refractivity contribution in [2.24, 2.45) is 0 Å². The van der Waals surface area contributed by atoms with Crippen molar-refractivity contribution in [1.29, 1.82) is 0 Å². The molecule has 16 heavy (non-hydrogen) atoms. The first-order chi connectivity index (χ1) is 7.63. The molecule has 3 nitrogen and oxygen atoms in total. The predicted octanol–water partition coefficient (Wildman–Crippen LogP) is 2.13. The molecule has 0 aromatic heterocycles. The van der Waals surface area contributed by atoms with E-state index in [2.05, 4.69) is 0 Å². The molecule has 1 N–H and O–H groups in total. The molecule has 0 fully saturated rings. The highest BCUT2D eigenvalue weighted by molar-refractivity contribution is 6.27. The number of ketones is 1. The number of Topliss-reactive ketones (excluding diaryl/α,β-unsaturated/α-hetero) is 1. The van der Waals surface area contributed by atoms with Crippen molar-refractivity contribution >= 4 is 29.4 Å². The van der Waals surface area contributed by atoms with Crippen LogP contribution in [0.15, 0.2) is 30.3 Å². The van der Waals surface area contributed by atoms with Gasteiger partial charge in [0.1, 0.15) is 0 Å². The molecule has 0 bridgehead atoms. The lowest BCUT2D eigenvalue weighted by Gasteiger charge is -2.03. The summed E-state index contributed by atoms with van der Waals surface area (Å²) in [7, 11) is 0. The van der Waals surface area contributed by atoms with Crippen molar-refractivity contribution in [2.75, 3.05) is 5.88 Å². The molecule has 0 amide bonds. The summed E-state index contributed by atoms with van der Waals surface area (Å²) in [5, 5.41) is 8.52. The van der Waals surface area contributed by atoms with Crippen molar-refractivity contribution < 1.29 is 14.7 Å². The summed E-state index contributed by atoms with van der Waals surface area (Å²) in [6.45, 7) is 0. The minimum Gasteiger partial charge on any atom is -0.478 e. The van der Waals surface area contributed by atoms with Crippen LogP contribution in [0.25, 0.3) is 6.08 Å². The Balaban J connectivity index is 2.91. The molecule has 0 aliphatic carbocycles. The van der Waals surface area contributed by atoms with E-state index in [-0.39, 0.29) is 18.1 Å². The van der Waals surface area contributed by atoms with Gasteiger partial charge in [-0.25, -0.2) is 4.79 Å². The molecule has 1 rings (SSSR count). The molecule has 0 saturated heterocycles. The fourth-order valence-electron chi connectivity index (χ4n) is 1.28. The van der Waals surface area contributed by atoms with Crippen molar-refractivity contribution in [2.45, 2.75) is 6.42 Å².